The summed E-state index contributed by atoms with van der Waals surface area (Å²) >= 11 is 0. The molecule has 1 fully saturated rings. The Morgan fingerprint density at radius 3 is 2.82 bits per heavy atom. The minimum Gasteiger partial charge on any atom is -0.377 e. The molecule has 1 aromatic carbocycles. The second-order valence-corrected chi connectivity index (χ2v) is 7.68. The number of ketones is 1. The zero-order chi connectivity index (χ0) is 19.5. The first-order valence-electron chi connectivity index (χ1n) is 10.2. The summed E-state index contributed by atoms with van der Waals surface area (Å²) in [5.74, 6) is 2.07. The number of hydrogen-bond acceptors (Lipinski definition) is 6. The largest absolute Gasteiger partial charge is 0.377 e. The lowest BCUT2D eigenvalue weighted by Gasteiger charge is -2.35. The summed E-state index contributed by atoms with van der Waals surface area (Å²) in [6, 6.07) is 8.41. The average molecular weight is 380 g/mol. The predicted octanol–water partition coefficient (Wildman–Crippen LogP) is 2.88. The SMILES string of the molecule is CCCC(=O)Cc1ccc(-c2nc3c(c(N4CCOC[C@@H]4C)n2)CNC3)cc1. The van der Waals surface area contributed by atoms with E-state index in [0.29, 0.717) is 24.7 Å². The molecule has 2 aliphatic heterocycles. The van der Waals surface area contributed by atoms with E-state index >= 15 is 0 Å². The van der Waals surface area contributed by atoms with Crippen LogP contribution in [0.25, 0.3) is 11.4 Å². The summed E-state index contributed by atoms with van der Waals surface area (Å²) in [7, 11) is 0. The Kier molecular flexibility index (Phi) is 5.69. The summed E-state index contributed by atoms with van der Waals surface area (Å²) in [5, 5.41) is 3.41. The summed E-state index contributed by atoms with van der Waals surface area (Å²) in [6.07, 6.45) is 2.04. The van der Waals surface area contributed by atoms with Gasteiger partial charge >= 0.3 is 0 Å². The Labute approximate surface area is 166 Å². The van der Waals surface area contributed by atoms with Gasteiger partial charge in [-0.2, -0.15) is 0 Å². The highest BCUT2D eigenvalue weighted by Crippen LogP contribution is 2.30. The number of ether oxygens (including phenoxy) is 1. The predicted molar refractivity (Wildman–Crippen MR) is 109 cm³/mol. The number of rotatable bonds is 6. The second kappa shape index (κ2) is 8.37. The van der Waals surface area contributed by atoms with Gasteiger partial charge in [0.25, 0.3) is 0 Å². The van der Waals surface area contributed by atoms with Crippen LogP contribution in [0.5, 0.6) is 0 Å². The van der Waals surface area contributed by atoms with Gasteiger partial charge in [-0.3, -0.25) is 4.79 Å². The minimum atomic E-state index is 0.290. The molecule has 2 aliphatic rings. The number of fused-ring (bicyclic) bond motifs is 1. The molecule has 28 heavy (non-hydrogen) atoms. The van der Waals surface area contributed by atoms with Crippen LogP contribution in [0.3, 0.4) is 0 Å². The van der Waals surface area contributed by atoms with E-state index in [2.05, 4.69) is 17.1 Å². The van der Waals surface area contributed by atoms with Gasteiger partial charge in [-0.05, 0) is 18.9 Å². The van der Waals surface area contributed by atoms with Crippen molar-refractivity contribution in [2.45, 2.75) is 52.2 Å². The van der Waals surface area contributed by atoms with E-state index in [1.807, 2.05) is 31.2 Å². The highest BCUT2D eigenvalue weighted by molar-refractivity contribution is 5.81. The van der Waals surface area contributed by atoms with Crippen LogP contribution in [0.15, 0.2) is 24.3 Å². The molecule has 0 unspecified atom stereocenters. The van der Waals surface area contributed by atoms with Gasteiger partial charge < -0.3 is 15.0 Å². The topological polar surface area (TPSA) is 67.4 Å². The highest BCUT2D eigenvalue weighted by Gasteiger charge is 2.27. The third-order valence-corrected chi connectivity index (χ3v) is 5.45. The fraction of sp³-hybridized carbons (Fsp3) is 0.500. The molecule has 6 nitrogen and oxygen atoms in total. The first-order valence-corrected chi connectivity index (χ1v) is 10.2. The second-order valence-electron chi connectivity index (χ2n) is 7.68. The Morgan fingerprint density at radius 2 is 2.07 bits per heavy atom. The van der Waals surface area contributed by atoms with Gasteiger partial charge in [-0.25, -0.2) is 9.97 Å². The van der Waals surface area contributed by atoms with Crippen LogP contribution in [-0.4, -0.2) is 41.6 Å². The molecular formula is C22H28N4O2. The van der Waals surface area contributed by atoms with Crippen molar-refractivity contribution in [1.82, 2.24) is 15.3 Å². The first-order chi connectivity index (χ1) is 13.7. The number of nitrogens with one attached hydrogen (secondary N) is 1. The summed E-state index contributed by atoms with van der Waals surface area (Å²) in [4.78, 5) is 24.0. The number of carbonyl (C=O) groups excluding carboxylic acids is 1. The van der Waals surface area contributed by atoms with Crippen molar-refractivity contribution < 1.29 is 9.53 Å². The van der Waals surface area contributed by atoms with Crippen LogP contribution in [0.1, 0.15) is 43.5 Å². The smallest absolute Gasteiger partial charge is 0.161 e. The lowest BCUT2D eigenvalue weighted by molar-refractivity contribution is -0.118. The Balaban J connectivity index is 1.63. The third-order valence-electron chi connectivity index (χ3n) is 5.45. The number of hydrogen-bond donors (Lipinski definition) is 1. The van der Waals surface area contributed by atoms with Crippen molar-refractivity contribution >= 4 is 11.6 Å². The van der Waals surface area contributed by atoms with E-state index in [4.69, 9.17) is 14.7 Å². The molecule has 148 valence electrons. The quantitative estimate of drug-likeness (QED) is 0.831. The number of benzene rings is 1. The van der Waals surface area contributed by atoms with Gasteiger partial charge in [-0.15, -0.1) is 0 Å². The Hall–Kier alpha value is -2.31. The van der Waals surface area contributed by atoms with E-state index in [-0.39, 0.29) is 0 Å². The molecule has 1 atom stereocenters. The van der Waals surface area contributed by atoms with Crippen molar-refractivity contribution in [2.24, 2.45) is 0 Å². The zero-order valence-electron chi connectivity index (χ0n) is 16.7. The molecule has 3 heterocycles. The van der Waals surface area contributed by atoms with Crippen LogP contribution in [0.4, 0.5) is 5.82 Å². The summed E-state index contributed by atoms with van der Waals surface area (Å²) < 4.78 is 5.60. The minimum absolute atomic E-state index is 0.290. The molecule has 1 N–H and O–H groups in total. The Bertz CT molecular complexity index is 850. The zero-order valence-corrected chi connectivity index (χ0v) is 16.7. The van der Waals surface area contributed by atoms with Crippen LogP contribution in [-0.2, 0) is 29.0 Å². The molecule has 2 aromatic rings. The molecule has 0 amide bonds. The molecule has 4 rings (SSSR count). The normalized spacial score (nSPS) is 18.9. The van der Waals surface area contributed by atoms with Gasteiger partial charge in [0.15, 0.2) is 5.82 Å². The third kappa shape index (κ3) is 3.93. The van der Waals surface area contributed by atoms with Crippen LogP contribution >= 0.6 is 0 Å². The maximum atomic E-state index is 11.9. The fourth-order valence-electron chi connectivity index (χ4n) is 3.93. The highest BCUT2D eigenvalue weighted by atomic mass is 16.5. The van der Waals surface area contributed by atoms with Crippen molar-refractivity contribution in [2.75, 3.05) is 24.7 Å². The molecule has 0 saturated carbocycles. The van der Waals surface area contributed by atoms with Gasteiger partial charge in [0.2, 0.25) is 0 Å². The molecule has 1 aromatic heterocycles. The standard InChI is InChI=1S/C22H28N4O2/c1-3-4-18(27)11-16-5-7-17(8-6-16)21-24-20-13-23-12-19(20)22(25-21)26-9-10-28-14-15(26)2/h5-8,15,23H,3-4,9-14H2,1-2H3/t15-/m0/s1. The Morgan fingerprint density at radius 1 is 1.25 bits per heavy atom. The van der Waals surface area contributed by atoms with E-state index in [9.17, 15) is 4.79 Å². The van der Waals surface area contributed by atoms with Gasteiger partial charge in [0.1, 0.15) is 11.6 Å². The van der Waals surface area contributed by atoms with Crippen LogP contribution < -0.4 is 10.2 Å². The van der Waals surface area contributed by atoms with E-state index < -0.39 is 0 Å². The lowest BCUT2D eigenvalue weighted by Crippen LogP contribution is -2.44. The summed E-state index contributed by atoms with van der Waals surface area (Å²) in [5.41, 5.74) is 4.33. The first kappa shape index (κ1) is 19.0. The van der Waals surface area contributed by atoms with Crippen molar-refractivity contribution in [3.8, 4) is 11.4 Å². The number of carbonyl (C=O) groups is 1. The van der Waals surface area contributed by atoms with E-state index in [1.54, 1.807) is 0 Å². The van der Waals surface area contributed by atoms with Crippen molar-refractivity contribution in [1.29, 1.82) is 0 Å². The maximum Gasteiger partial charge on any atom is 0.161 e. The van der Waals surface area contributed by atoms with Gasteiger partial charge in [-0.1, -0.05) is 31.2 Å². The van der Waals surface area contributed by atoms with Crippen LogP contribution in [0.2, 0.25) is 0 Å². The van der Waals surface area contributed by atoms with E-state index in [0.717, 1.165) is 67.7 Å². The number of morpholine rings is 1. The average Bonchev–Trinajstić information content (AvgIpc) is 3.17. The number of aromatic nitrogens is 2. The van der Waals surface area contributed by atoms with Crippen molar-refractivity contribution in [3.05, 3.63) is 41.1 Å². The molecule has 0 spiro atoms. The molecular weight excluding hydrogens is 352 g/mol. The molecule has 0 aliphatic carbocycles. The van der Waals surface area contributed by atoms with E-state index in [1.165, 1.54) is 5.56 Å². The van der Waals surface area contributed by atoms with Crippen molar-refractivity contribution in [3.63, 3.8) is 0 Å². The lowest BCUT2D eigenvalue weighted by atomic mass is 10.0. The molecule has 0 radical (unpaired) electrons. The van der Waals surface area contributed by atoms with Gasteiger partial charge in [0.05, 0.1) is 24.9 Å². The maximum absolute atomic E-state index is 11.9. The fourth-order valence-corrected chi connectivity index (χ4v) is 3.93. The number of anilines is 1. The number of nitrogens with zero attached hydrogens (tertiary/aromatic N) is 3. The molecule has 0 bridgehead atoms. The molecule has 6 heteroatoms. The van der Waals surface area contributed by atoms with Crippen LogP contribution in [0, 0.1) is 0 Å². The monoisotopic (exact) mass is 380 g/mol. The number of Topliss-reactive ketones (excluding diaryl/α,β-unsaturated/α-hetero) is 1. The molecule has 1 saturated heterocycles. The summed E-state index contributed by atoms with van der Waals surface area (Å²) in [6.45, 7) is 8.11. The van der Waals surface area contributed by atoms with Gasteiger partial charge in [0, 0.05) is 43.6 Å².